The topological polar surface area (TPSA) is 85.2 Å². The van der Waals surface area contributed by atoms with Gasteiger partial charge in [0.05, 0.1) is 40.1 Å². The molecular weight excluding hydrogens is 506 g/mol. The highest BCUT2D eigenvalue weighted by Gasteiger charge is 2.16. The zero-order valence-electron chi connectivity index (χ0n) is 19.1. The van der Waals surface area contributed by atoms with Gasteiger partial charge in [-0.15, -0.1) is 0 Å². The summed E-state index contributed by atoms with van der Waals surface area (Å²) >= 11 is 12.2. The van der Waals surface area contributed by atoms with Gasteiger partial charge in [-0.1, -0.05) is 53.5 Å². The molecule has 1 aromatic heterocycles. The van der Waals surface area contributed by atoms with Gasteiger partial charge in [0.15, 0.2) is 0 Å². The summed E-state index contributed by atoms with van der Waals surface area (Å²) in [4.78, 5) is 24.6. The third-order valence-electron chi connectivity index (χ3n) is 5.11. The molecule has 7 nitrogen and oxygen atoms in total. The molecule has 4 rings (SSSR count). The Bertz CT molecular complexity index is 1410. The number of hydrogen-bond donors (Lipinski definition) is 2. The molecule has 3 aromatic carbocycles. The van der Waals surface area contributed by atoms with Crippen LogP contribution in [0.25, 0.3) is 16.9 Å². The van der Waals surface area contributed by atoms with Crippen LogP contribution in [0.15, 0.2) is 72.8 Å². The second-order valence-electron chi connectivity index (χ2n) is 7.67. The van der Waals surface area contributed by atoms with Crippen LogP contribution in [-0.2, 0) is 16.0 Å². The van der Waals surface area contributed by atoms with Gasteiger partial charge in [0.25, 0.3) is 0 Å². The third kappa shape index (κ3) is 6.02. The highest BCUT2D eigenvalue weighted by Crippen LogP contribution is 2.30. The van der Waals surface area contributed by atoms with Crippen molar-refractivity contribution in [1.29, 1.82) is 0 Å². The fraction of sp³-hybridized carbons (Fsp3) is 0.115. The summed E-state index contributed by atoms with van der Waals surface area (Å²) < 4.78 is 20.3. The van der Waals surface area contributed by atoms with Crippen LogP contribution >= 0.6 is 23.2 Å². The van der Waals surface area contributed by atoms with Crippen molar-refractivity contribution in [3.8, 4) is 16.9 Å². The van der Waals surface area contributed by atoms with Crippen LogP contribution in [0.2, 0.25) is 10.0 Å². The molecule has 0 saturated heterocycles. The summed E-state index contributed by atoms with van der Waals surface area (Å²) in [5.74, 6) is -0.410. The van der Waals surface area contributed by atoms with Crippen molar-refractivity contribution in [3.63, 3.8) is 0 Å². The number of anilines is 2. The van der Waals surface area contributed by atoms with Crippen molar-refractivity contribution in [2.45, 2.75) is 13.3 Å². The standard InChI is InChI=1S/C26H21Cl2FN4O3/c1-2-36-24(34)13-16-9-11-19(12-10-16)33-23(15-22(32-33)17-5-3-6-18(29)14-17)31-26(35)30-21-8-4-7-20(27)25(21)28/h3-12,14-15H,2,13H2,1H3,(H2,30,31,35). The Balaban J connectivity index is 1.64. The summed E-state index contributed by atoms with van der Waals surface area (Å²) in [5, 5.41) is 10.5. The Kier molecular flexibility index (Phi) is 7.87. The first-order chi connectivity index (χ1) is 17.3. The van der Waals surface area contributed by atoms with E-state index in [0.29, 0.717) is 40.1 Å². The van der Waals surface area contributed by atoms with Gasteiger partial charge in [-0.05, 0) is 48.9 Å². The van der Waals surface area contributed by atoms with Crippen molar-refractivity contribution in [3.05, 3.63) is 94.2 Å². The number of hydrogen-bond acceptors (Lipinski definition) is 4. The van der Waals surface area contributed by atoms with Crippen molar-refractivity contribution in [1.82, 2.24) is 9.78 Å². The second-order valence-corrected chi connectivity index (χ2v) is 8.45. The van der Waals surface area contributed by atoms with E-state index in [1.54, 1.807) is 67.6 Å². The molecule has 2 N–H and O–H groups in total. The zero-order chi connectivity index (χ0) is 25.7. The summed E-state index contributed by atoms with van der Waals surface area (Å²) in [6, 6.07) is 19.0. The van der Waals surface area contributed by atoms with E-state index < -0.39 is 11.8 Å². The van der Waals surface area contributed by atoms with Gasteiger partial charge in [-0.25, -0.2) is 13.9 Å². The molecule has 0 bridgehead atoms. The smallest absolute Gasteiger partial charge is 0.324 e. The molecule has 2 amide bonds. The SMILES string of the molecule is CCOC(=O)Cc1ccc(-n2nc(-c3cccc(F)c3)cc2NC(=O)Nc2cccc(Cl)c2Cl)cc1. The number of ether oxygens (including phenoxy) is 1. The monoisotopic (exact) mass is 526 g/mol. The molecule has 0 atom stereocenters. The van der Waals surface area contributed by atoms with E-state index in [-0.39, 0.29) is 17.4 Å². The molecule has 0 radical (unpaired) electrons. The fourth-order valence-corrected chi connectivity index (χ4v) is 3.81. The number of benzene rings is 3. The molecule has 36 heavy (non-hydrogen) atoms. The molecule has 10 heteroatoms. The Morgan fingerprint density at radius 1 is 1.00 bits per heavy atom. The Labute approximate surface area is 216 Å². The normalized spacial score (nSPS) is 10.7. The van der Waals surface area contributed by atoms with Crippen molar-refractivity contribution >= 4 is 46.7 Å². The van der Waals surface area contributed by atoms with Crippen LogP contribution in [0.1, 0.15) is 12.5 Å². The molecule has 0 aliphatic heterocycles. The molecule has 1 heterocycles. The second kappa shape index (κ2) is 11.2. The number of halogens is 3. The number of amides is 2. The summed E-state index contributed by atoms with van der Waals surface area (Å²) in [7, 11) is 0. The first-order valence-electron chi connectivity index (χ1n) is 11.0. The van der Waals surface area contributed by atoms with Crippen LogP contribution in [0.4, 0.5) is 20.7 Å². The van der Waals surface area contributed by atoms with Crippen molar-refractivity contribution in [2.75, 3.05) is 17.2 Å². The summed E-state index contributed by atoms with van der Waals surface area (Å²) in [6.45, 7) is 2.06. The summed E-state index contributed by atoms with van der Waals surface area (Å²) in [6.07, 6.45) is 0.135. The lowest BCUT2D eigenvalue weighted by Gasteiger charge is -2.12. The van der Waals surface area contributed by atoms with Gasteiger partial charge in [0.2, 0.25) is 0 Å². The van der Waals surface area contributed by atoms with E-state index in [2.05, 4.69) is 15.7 Å². The van der Waals surface area contributed by atoms with Crippen LogP contribution in [-0.4, -0.2) is 28.4 Å². The highest BCUT2D eigenvalue weighted by atomic mass is 35.5. The van der Waals surface area contributed by atoms with E-state index in [1.165, 1.54) is 16.8 Å². The van der Waals surface area contributed by atoms with Gasteiger partial charge in [0, 0.05) is 11.6 Å². The van der Waals surface area contributed by atoms with E-state index in [4.69, 9.17) is 27.9 Å². The molecule has 0 fully saturated rings. The highest BCUT2D eigenvalue weighted by molar-refractivity contribution is 6.44. The van der Waals surface area contributed by atoms with Crippen LogP contribution in [0.5, 0.6) is 0 Å². The summed E-state index contributed by atoms with van der Waals surface area (Å²) in [5.41, 5.74) is 2.69. The lowest BCUT2D eigenvalue weighted by Crippen LogP contribution is -2.21. The predicted molar refractivity (Wildman–Crippen MR) is 138 cm³/mol. The lowest BCUT2D eigenvalue weighted by atomic mass is 10.1. The minimum absolute atomic E-state index is 0.135. The predicted octanol–water partition coefficient (Wildman–Crippen LogP) is 6.73. The third-order valence-corrected chi connectivity index (χ3v) is 5.92. The molecule has 184 valence electrons. The Morgan fingerprint density at radius 2 is 1.75 bits per heavy atom. The zero-order valence-corrected chi connectivity index (χ0v) is 20.6. The van der Waals surface area contributed by atoms with Crippen LogP contribution in [0, 0.1) is 5.82 Å². The number of nitrogens with zero attached hydrogens (tertiary/aromatic N) is 2. The molecule has 0 aliphatic rings. The number of carbonyl (C=O) groups is 2. The number of esters is 1. The van der Waals surface area contributed by atoms with Gasteiger partial charge >= 0.3 is 12.0 Å². The van der Waals surface area contributed by atoms with Crippen LogP contribution in [0.3, 0.4) is 0 Å². The average Bonchev–Trinajstić information content (AvgIpc) is 3.26. The van der Waals surface area contributed by atoms with Gasteiger partial charge in [0.1, 0.15) is 11.6 Å². The number of nitrogens with one attached hydrogen (secondary N) is 2. The maximum atomic E-state index is 13.8. The Morgan fingerprint density at radius 3 is 2.47 bits per heavy atom. The number of aromatic nitrogens is 2. The van der Waals surface area contributed by atoms with Crippen molar-refractivity contribution in [2.24, 2.45) is 0 Å². The fourth-order valence-electron chi connectivity index (χ4n) is 3.46. The molecule has 0 spiro atoms. The molecule has 0 unspecified atom stereocenters. The first-order valence-corrected chi connectivity index (χ1v) is 11.7. The van der Waals surface area contributed by atoms with Crippen LogP contribution < -0.4 is 10.6 Å². The molecule has 0 saturated carbocycles. The van der Waals surface area contributed by atoms with E-state index in [9.17, 15) is 14.0 Å². The maximum Gasteiger partial charge on any atom is 0.324 e. The molecule has 0 aliphatic carbocycles. The molecule has 4 aromatic rings. The minimum Gasteiger partial charge on any atom is -0.466 e. The van der Waals surface area contributed by atoms with E-state index in [1.807, 2.05) is 0 Å². The lowest BCUT2D eigenvalue weighted by molar-refractivity contribution is -0.142. The first kappa shape index (κ1) is 25.2. The quantitative estimate of drug-likeness (QED) is 0.261. The van der Waals surface area contributed by atoms with E-state index >= 15 is 0 Å². The Hall–Kier alpha value is -3.88. The average molecular weight is 527 g/mol. The molecular formula is C26H21Cl2FN4O3. The number of carbonyl (C=O) groups excluding carboxylic acids is 2. The maximum absolute atomic E-state index is 13.8. The van der Waals surface area contributed by atoms with E-state index in [0.717, 1.165) is 5.56 Å². The number of urea groups is 1. The van der Waals surface area contributed by atoms with Gasteiger partial charge < -0.3 is 10.1 Å². The van der Waals surface area contributed by atoms with Crippen molar-refractivity contribution < 1.29 is 18.7 Å². The van der Waals surface area contributed by atoms with Gasteiger partial charge in [-0.3, -0.25) is 10.1 Å². The largest absolute Gasteiger partial charge is 0.466 e. The minimum atomic E-state index is -0.579. The van der Waals surface area contributed by atoms with Gasteiger partial charge in [-0.2, -0.15) is 5.10 Å². The number of rotatable bonds is 7.